The predicted molar refractivity (Wildman–Crippen MR) is 72.4 cm³/mol. The van der Waals surface area contributed by atoms with E-state index in [4.69, 9.17) is 5.11 Å². The minimum atomic E-state index is -1.26. The van der Waals surface area contributed by atoms with Gasteiger partial charge >= 0.3 is 11.7 Å². The Bertz CT molecular complexity index is 567. The highest BCUT2D eigenvalue weighted by Gasteiger charge is 2.23. The highest BCUT2D eigenvalue weighted by Crippen LogP contribution is 2.25. The van der Waals surface area contributed by atoms with Gasteiger partial charge < -0.3 is 10.4 Å². The zero-order chi connectivity index (χ0) is 14.7. The first-order valence-electron chi connectivity index (χ1n) is 5.96. The van der Waals surface area contributed by atoms with Crippen LogP contribution in [0.25, 0.3) is 0 Å². The van der Waals surface area contributed by atoms with Crippen LogP contribution in [-0.4, -0.2) is 42.7 Å². The first-order chi connectivity index (χ1) is 9.47. The number of pyridine rings is 1. The highest BCUT2D eigenvalue weighted by atomic mass is 32.2. The van der Waals surface area contributed by atoms with Crippen LogP contribution >= 0.6 is 0 Å². The Morgan fingerprint density at radius 3 is 2.70 bits per heavy atom. The molecule has 0 aliphatic carbocycles. The normalized spacial score (nSPS) is 22.2. The Hall–Kier alpha value is -2.03. The van der Waals surface area contributed by atoms with Gasteiger partial charge in [-0.05, 0) is 12.8 Å². The summed E-state index contributed by atoms with van der Waals surface area (Å²) in [6.07, 6.45) is 2.37. The van der Waals surface area contributed by atoms with Crippen LogP contribution in [-0.2, 0) is 10.8 Å². The second kappa shape index (κ2) is 5.95. The van der Waals surface area contributed by atoms with E-state index in [0.717, 1.165) is 12.3 Å². The summed E-state index contributed by atoms with van der Waals surface area (Å²) in [5.41, 5.74) is -0.594. The molecule has 0 amide bonds. The lowest BCUT2D eigenvalue weighted by Gasteiger charge is -2.22. The number of carboxylic acids is 1. The lowest BCUT2D eigenvalue weighted by molar-refractivity contribution is -0.384. The van der Waals surface area contributed by atoms with Gasteiger partial charge in [-0.3, -0.25) is 14.3 Å². The molecule has 8 nitrogen and oxygen atoms in total. The van der Waals surface area contributed by atoms with Gasteiger partial charge in [0.15, 0.2) is 0 Å². The van der Waals surface area contributed by atoms with Crippen LogP contribution in [0.15, 0.2) is 12.3 Å². The number of anilines is 1. The molecule has 2 rings (SSSR count). The molecule has 0 spiro atoms. The minimum Gasteiger partial charge on any atom is -0.478 e. The van der Waals surface area contributed by atoms with Gasteiger partial charge in [0.05, 0.1) is 10.5 Å². The van der Waals surface area contributed by atoms with Crippen molar-refractivity contribution in [3.8, 4) is 0 Å². The van der Waals surface area contributed by atoms with Gasteiger partial charge in [-0.1, -0.05) is 0 Å². The van der Waals surface area contributed by atoms with E-state index in [1.807, 2.05) is 0 Å². The van der Waals surface area contributed by atoms with E-state index in [-0.39, 0.29) is 23.1 Å². The minimum absolute atomic E-state index is 0.0328. The maximum atomic E-state index is 11.3. The molecular weight excluding hydrogens is 286 g/mol. The molecule has 0 atom stereocenters. The number of carbonyl (C=O) groups is 1. The Labute approximate surface area is 116 Å². The van der Waals surface area contributed by atoms with E-state index in [1.54, 1.807) is 0 Å². The van der Waals surface area contributed by atoms with Crippen LogP contribution in [0.3, 0.4) is 0 Å². The monoisotopic (exact) mass is 299 g/mol. The number of nitrogens with zero attached hydrogens (tertiary/aromatic N) is 2. The molecule has 0 bridgehead atoms. The largest absolute Gasteiger partial charge is 0.478 e. The molecule has 0 aromatic carbocycles. The van der Waals surface area contributed by atoms with Crippen molar-refractivity contribution >= 4 is 28.3 Å². The first-order valence-corrected chi connectivity index (χ1v) is 7.45. The zero-order valence-corrected chi connectivity index (χ0v) is 11.3. The summed E-state index contributed by atoms with van der Waals surface area (Å²) >= 11 is 0. The van der Waals surface area contributed by atoms with Gasteiger partial charge in [-0.25, -0.2) is 9.78 Å². The van der Waals surface area contributed by atoms with Crippen LogP contribution in [0.4, 0.5) is 11.5 Å². The molecule has 9 heteroatoms. The van der Waals surface area contributed by atoms with Crippen molar-refractivity contribution in [1.29, 1.82) is 0 Å². The molecule has 1 saturated heterocycles. The van der Waals surface area contributed by atoms with E-state index in [0.29, 0.717) is 24.3 Å². The number of hydrogen-bond acceptors (Lipinski definition) is 6. The molecule has 1 aliphatic rings. The van der Waals surface area contributed by atoms with E-state index >= 15 is 0 Å². The Balaban J connectivity index is 2.20. The maximum Gasteiger partial charge on any atom is 0.337 e. The fourth-order valence-electron chi connectivity index (χ4n) is 1.95. The standard InChI is InChI=1S/C11H13N3O5S/c15-11(16)7-5-9(14(17)18)10(12-6-7)13-8-1-3-20(19)4-2-8/h5-6,8H,1-4H2,(H,12,13)(H,15,16). The maximum absolute atomic E-state index is 11.3. The van der Waals surface area contributed by atoms with Crippen molar-refractivity contribution in [2.45, 2.75) is 18.9 Å². The number of rotatable bonds is 4. The van der Waals surface area contributed by atoms with Crippen LogP contribution in [0.5, 0.6) is 0 Å². The molecule has 1 aromatic heterocycles. The van der Waals surface area contributed by atoms with Crippen molar-refractivity contribution in [2.24, 2.45) is 0 Å². The lowest BCUT2D eigenvalue weighted by atomic mass is 10.1. The lowest BCUT2D eigenvalue weighted by Crippen LogP contribution is -2.30. The molecular formula is C11H13N3O5S. The molecule has 108 valence electrons. The summed E-state index contributed by atoms with van der Waals surface area (Å²) in [4.78, 5) is 24.9. The summed E-state index contributed by atoms with van der Waals surface area (Å²) in [5, 5.41) is 22.7. The van der Waals surface area contributed by atoms with Crippen molar-refractivity contribution in [3.63, 3.8) is 0 Å². The summed E-state index contributed by atoms with van der Waals surface area (Å²) < 4.78 is 11.3. The molecule has 0 saturated carbocycles. The predicted octanol–water partition coefficient (Wildman–Crippen LogP) is 1.01. The number of aromatic nitrogens is 1. The Morgan fingerprint density at radius 1 is 1.50 bits per heavy atom. The quantitative estimate of drug-likeness (QED) is 0.628. The average molecular weight is 299 g/mol. The summed E-state index contributed by atoms with van der Waals surface area (Å²) in [5.74, 6) is -0.102. The molecule has 20 heavy (non-hydrogen) atoms. The number of nitro groups is 1. The number of hydrogen-bond donors (Lipinski definition) is 2. The molecule has 2 heterocycles. The van der Waals surface area contributed by atoms with Crippen LogP contribution < -0.4 is 5.32 Å². The van der Waals surface area contributed by atoms with Gasteiger partial charge in [-0.2, -0.15) is 0 Å². The molecule has 0 radical (unpaired) electrons. The fourth-order valence-corrected chi connectivity index (χ4v) is 3.25. The number of carboxylic acid groups (broad SMARTS) is 1. The van der Waals surface area contributed by atoms with E-state index in [1.165, 1.54) is 0 Å². The average Bonchev–Trinajstić information content (AvgIpc) is 2.41. The van der Waals surface area contributed by atoms with Gasteiger partial charge in [0.1, 0.15) is 0 Å². The third-order valence-corrected chi connectivity index (χ3v) is 4.42. The van der Waals surface area contributed by atoms with Crippen molar-refractivity contribution < 1.29 is 19.0 Å². The molecule has 1 fully saturated rings. The number of aromatic carboxylic acids is 1. The van der Waals surface area contributed by atoms with Crippen molar-refractivity contribution in [1.82, 2.24) is 4.98 Å². The summed E-state index contributed by atoms with van der Waals surface area (Å²) in [7, 11) is -0.815. The molecule has 1 aliphatic heterocycles. The fraction of sp³-hybridized carbons (Fsp3) is 0.455. The molecule has 0 unspecified atom stereocenters. The topological polar surface area (TPSA) is 122 Å². The van der Waals surface area contributed by atoms with E-state index in [2.05, 4.69) is 10.3 Å². The number of nitrogens with one attached hydrogen (secondary N) is 1. The second-order valence-corrected chi connectivity index (χ2v) is 6.12. The smallest absolute Gasteiger partial charge is 0.337 e. The third-order valence-electron chi connectivity index (χ3n) is 3.04. The third kappa shape index (κ3) is 3.29. The van der Waals surface area contributed by atoms with Gasteiger partial charge in [0.2, 0.25) is 5.82 Å². The van der Waals surface area contributed by atoms with Crippen LogP contribution in [0, 0.1) is 10.1 Å². The van der Waals surface area contributed by atoms with Gasteiger partial charge in [0, 0.05) is 40.6 Å². The zero-order valence-electron chi connectivity index (χ0n) is 10.4. The highest BCUT2D eigenvalue weighted by molar-refractivity contribution is 7.85. The van der Waals surface area contributed by atoms with Crippen LogP contribution in [0.1, 0.15) is 23.2 Å². The summed E-state index contributed by atoms with van der Waals surface area (Å²) in [6.45, 7) is 0. The van der Waals surface area contributed by atoms with Gasteiger partial charge in [0.25, 0.3) is 0 Å². The second-order valence-electron chi connectivity index (χ2n) is 4.42. The molecule has 2 N–H and O–H groups in total. The first kappa shape index (κ1) is 14.4. The van der Waals surface area contributed by atoms with Crippen LogP contribution in [0.2, 0.25) is 0 Å². The molecule has 1 aromatic rings. The Morgan fingerprint density at radius 2 is 2.15 bits per heavy atom. The van der Waals surface area contributed by atoms with Gasteiger partial charge in [-0.15, -0.1) is 0 Å². The van der Waals surface area contributed by atoms with Crippen molar-refractivity contribution in [3.05, 3.63) is 27.9 Å². The Kier molecular flexibility index (Phi) is 4.28. The van der Waals surface area contributed by atoms with E-state index in [9.17, 15) is 19.1 Å². The summed E-state index contributed by atoms with van der Waals surface area (Å²) in [6, 6.07) is 0.952. The SMILES string of the molecule is O=C(O)c1cnc(NC2CCS(=O)CC2)c([N+](=O)[O-])c1. The van der Waals surface area contributed by atoms with E-state index < -0.39 is 21.7 Å². The van der Waals surface area contributed by atoms with Crippen molar-refractivity contribution in [2.75, 3.05) is 16.8 Å².